The van der Waals surface area contributed by atoms with Crippen LogP contribution in [-0.2, 0) is 0 Å². The van der Waals surface area contributed by atoms with E-state index in [1.54, 1.807) is 12.4 Å². The van der Waals surface area contributed by atoms with Crippen molar-refractivity contribution in [1.82, 2.24) is 9.97 Å². The molecule has 0 aliphatic heterocycles. The van der Waals surface area contributed by atoms with Crippen LogP contribution in [0.15, 0.2) is 30.6 Å². The largest absolute Gasteiger partial charge is 0.424 e. The van der Waals surface area contributed by atoms with Gasteiger partial charge in [-0.25, -0.2) is 0 Å². The normalized spacial score (nSPS) is 10.2. The van der Waals surface area contributed by atoms with Crippen molar-refractivity contribution in [2.75, 3.05) is 6.26 Å². The fraction of sp³-hybridized carbons (Fsp3) is 0.111. The van der Waals surface area contributed by atoms with Gasteiger partial charge in [-0.15, -0.1) is 0 Å². The molecule has 0 aromatic carbocycles. The van der Waals surface area contributed by atoms with Gasteiger partial charge in [0.25, 0.3) is 0 Å². The van der Waals surface area contributed by atoms with E-state index in [4.69, 9.17) is 4.18 Å². The van der Waals surface area contributed by atoms with Crippen LogP contribution >= 0.6 is 12.0 Å². The van der Waals surface area contributed by atoms with Gasteiger partial charge in [-0.05, 0) is 12.1 Å². The molecule has 4 heteroatoms. The molecule has 66 valence electrons. The Morgan fingerprint density at radius 2 is 2.23 bits per heavy atom. The topological polar surface area (TPSA) is 35.0 Å². The van der Waals surface area contributed by atoms with Crippen LogP contribution in [0.4, 0.5) is 0 Å². The Labute approximate surface area is 80.4 Å². The summed E-state index contributed by atoms with van der Waals surface area (Å²) in [4.78, 5) is 8.37. The second-order valence-corrected chi connectivity index (χ2v) is 2.96. The number of hydrogen-bond acceptors (Lipinski definition) is 4. The fourth-order valence-electron chi connectivity index (χ4n) is 1.08. The first-order chi connectivity index (χ1) is 6.40. The van der Waals surface area contributed by atoms with Crippen molar-refractivity contribution < 1.29 is 4.18 Å². The van der Waals surface area contributed by atoms with E-state index in [1.165, 1.54) is 12.0 Å². The summed E-state index contributed by atoms with van der Waals surface area (Å²) in [5.41, 5.74) is 1.74. The van der Waals surface area contributed by atoms with Crippen molar-refractivity contribution >= 4 is 23.1 Å². The highest BCUT2D eigenvalue weighted by molar-refractivity contribution is 7.94. The lowest BCUT2D eigenvalue weighted by Crippen LogP contribution is -1.84. The summed E-state index contributed by atoms with van der Waals surface area (Å²) in [6, 6.07) is 5.66. The molecule has 0 aliphatic rings. The van der Waals surface area contributed by atoms with Gasteiger partial charge in [-0.2, -0.15) is 0 Å². The van der Waals surface area contributed by atoms with E-state index in [1.807, 2.05) is 24.5 Å². The first-order valence-electron chi connectivity index (χ1n) is 3.81. The van der Waals surface area contributed by atoms with Crippen LogP contribution in [0.3, 0.4) is 0 Å². The van der Waals surface area contributed by atoms with Gasteiger partial charge < -0.3 is 4.18 Å². The number of fused-ring (bicyclic) bond motifs is 1. The number of pyridine rings is 2. The average molecular weight is 192 g/mol. The van der Waals surface area contributed by atoms with Crippen LogP contribution in [0.25, 0.3) is 11.0 Å². The second kappa shape index (κ2) is 3.62. The molecule has 0 aliphatic carbocycles. The van der Waals surface area contributed by atoms with Crippen molar-refractivity contribution in [1.29, 1.82) is 0 Å². The minimum atomic E-state index is 0.735. The van der Waals surface area contributed by atoms with Crippen molar-refractivity contribution in [2.24, 2.45) is 0 Å². The summed E-state index contributed by atoms with van der Waals surface area (Å²) in [6.07, 6.45) is 5.30. The maximum Gasteiger partial charge on any atom is 0.157 e. The van der Waals surface area contributed by atoms with E-state index >= 15 is 0 Å². The molecule has 2 aromatic rings. The third-order valence-electron chi connectivity index (χ3n) is 1.61. The Bertz CT molecular complexity index is 419. The lowest BCUT2D eigenvalue weighted by molar-refractivity contribution is 0.647. The SMILES string of the molecule is CSOc1cnc2cccnc2c1. The Kier molecular flexibility index (Phi) is 2.31. The third-order valence-corrected chi connectivity index (χ3v) is 1.96. The lowest BCUT2D eigenvalue weighted by Gasteiger charge is -2.00. The van der Waals surface area contributed by atoms with Crippen LogP contribution in [0.5, 0.6) is 5.75 Å². The molecule has 0 fully saturated rings. The van der Waals surface area contributed by atoms with E-state index in [0.717, 1.165) is 16.8 Å². The molecule has 0 radical (unpaired) electrons. The van der Waals surface area contributed by atoms with E-state index < -0.39 is 0 Å². The predicted molar refractivity (Wildman–Crippen MR) is 53.7 cm³/mol. The summed E-state index contributed by atoms with van der Waals surface area (Å²) in [7, 11) is 0. The Morgan fingerprint density at radius 3 is 3.08 bits per heavy atom. The van der Waals surface area contributed by atoms with Gasteiger partial charge in [0.05, 0.1) is 29.3 Å². The third kappa shape index (κ3) is 1.72. The molecule has 2 aromatic heterocycles. The minimum Gasteiger partial charge on any atom is -0.424 e. The lowest BCUT2D eigenvalue weighted by atomic mass is 10.3. The van der Waals surface area contributed by atoms with Gasteiger partial charge in [0.1, 0.15) is 0 Å². The first-order valence-corrected chi connectivity index (χ1v) is 4.96. The zero-order valence-corrected chi connectivity index (χ0v) is 7.91. The molecule has 0 saturated carbocycles. The highest BCUT2D eigenvalue weighted by Crippen LogP contribution is 2.18. The van der Waals surface area contributed by atoms with Gasteiger partial charge in [-0.3, -0.25) is 9.97 Å². The number of nitrogens with zero attached hydrogens (tertiary/aromatic N) is 2. The van der Waals surface area contributed by atoms with Crippen LogP contribution < -0.4 is 4.18 Å². The molecule has 0 atom stereocenters. The number of rotatable bonds is 2. The summed E-state index contributed by atoms with van der Waals surface area (Å²) in [6.45, 7) is 0. The average Bonchev–Trinajstić information content (AvgIpc) is 2.18. The summed E-state index contributed by atoms with van der Waals surface area (Å²) in [5, 5.41) is 0. The Balaban J connectivity index is 2.49. The second-order valence-electron chi connectivity index (χ2n) is 2.46. The van der Waals surface area contributed by atoms with Crippen LogP contribution in [0.2, 0.25) is 0 Å². The molecular formula is C9H8N2OS. The molecule has 2 heterocycles. The standard InChI is InChI=1S/C9H8N2OS/c1-13-12-7-5-9-8(11-6-7)3-2-4-10-9/h2-6H,1H3. The minimum absolute atomic E-state index is 0.735. The quantitative estimate of drug-likeness (QED) is 0.684. The fourth-order valence-corrected chi connectivity index (χ4v) is 1.36. The molecule has 2 rings (SSSR count). The van der Waals surface area contributed by atoms with Crippen molar-refractivity contribution in [2.45, 2.75) is 0 Å². The molecule has 0 amide bonds. The Morgan fingerprint density at radius 1 is 1.31 bits per heavy atom. The molecule has 0 spiro atoms. The van der Waals surface area contributed by atoms with Gasteiger partial charge in [-0.1, -0.05) is 0 Å². The summed E-state index contributed by atoms with van der Waals surface area (Å²) < 4.78 is 5.23. The molecule has 0 unspecified atom stereocenters. The van der Waals surface area contributed by atoms with Gasteiger partial charge >= 0.3 is 0 Å². The molecule has 0 bridgehead atoms. The number of hydrogen-bond donors (Lipinski definition) is 0. The van der Waals surface area contributed by atoms with E-state index in [9.17, 15) is 0 Å². The Hall–Kier alpha value is -1.29. The van der Waals surface area contributed by atoms with E-state index in [-0.39, 0.29) is 0 Å². The highest BCUT2D eigenvalue weighted by Gasteiger charge is 1.97. The maximum absolute atomic E-state index is 5.23. The highest BCUT2D eigenvalue weighted by atomic mass is 32.2. The monoisotopic (exact) mass is 192 g/mol. The maximum atomic E-state index is 5.23. The molecule has 0 saturated heterocycles. The first kappa shape index (κ1) is 8.31. The van der Waals surface area contributed by atoms with Crippen molar-refractivity contribution in [3.05, 3.63) is 30.6 Å². The molecule has 0 N–H and O–H groups in total. The van der Waals surface area contributed by atoms with Crippen LogP contribution in [0.1, 0.15) is 0 Å². The summed E-state index contributed by atoms with van der Waals surface area (Å²) >= 11 is 1.30. The van der Waals surface area contributed by atoms with Gasteiger partial charge in [0, 0.05) is 18.5 Å². The van der Waals surface area contributed by atoms with Crippen molar-refractivity contribution in [3.63, 3.8) is 0 Å². The predicted octanol–water partition coefficient (Wildman–Crippen LogP) is 2.29. The van der Waals surface area contributed by atoms with Gasteiger partial charge in [0.2, 0.25) is 0 Å². The zero-order chi connectivity index (χ0) is 9.10. The molecule has 13 heavy (non-hydrogen) atoms. The zero-order valence-electron chi connectivity index (χ0n) is 7.10. The number of aromatic nitrogens is 2. The molecule has 3 nitrogen and oxygen atoms in total. The van der Waals surface area contributed by atoms with E-state index in [2.05, 4.69) is 9.97 Å². The van der Waals surface area contributed by atoms with Crippen LogP contribution in [-0.4, -0.2) is 16.2 Å². The van der Waals surface area contributed by atoms with E-state index in [0.29, 0.717) is 0 Å². The smallest absolute Gasteiger partial charge is 0.157 e. The summed E-state index contributed by atoms with van der Waals surface area (Å²) in [5.74, 6) is 0.735. The van der Waals surface area contributed by atoms with Crippen molar-refractivity contribution in [3.8, 4) is 5.75 Å². The molecular weight excluding hydrogens is 184 g/mol. The van der Waals surface area contributed by atoms with Gasteiger partial charge in [0.15, 0.2) is 5.75 Å². The van der Waals surface area contributed by atoms with Crippen LogP contribution in [0, 0.1) is 0 Å².